The van der Waals surface area contributed by atoms with Crippen LogP contribution in [0.2, 0.25) is 0 Å². The van der Waals surface area contributed by atoms with Gasteiger partial charge in [-0.25, -0.2) is 0 Å². The van der Waals surface area contributed by atoms with Crippen molar-refractivity contribution in [2.45, 2.75) is 19.3 Å². The van der Waals surface area contributed by atoms with Crippen molar-refractivity contribution in [3.05, 3.63) is 60.5 Å². The molecule has 1 saturated heterocycles. The highest BCUT2D eigenvalue weighted by atomic mass is 16.5. The molecule has 132 valence electrons. The number of benzene rings is 2. The van der Waals surface area contributed by atoms with Crippen LogP contribution in [0.1, 0.15) is 25.2 Å². The summed E-state index contributed by atoms with van der Waals surface area (Å²) in [5, 5.41) is 8.28. The van der Waals surface area contributed by atoms with E-state index < -0.39 is 0 Å². The van der Waals surface area contributed by atoms with Gasteiger partial charge in [0.05, 0.1) is 12.5 Å². The number of anilines is 1. The summed E-state index contributed by atoms with van der Waals surface area (Å²) in [5.41, 5.74) is 1.72. The van der Waals surface area contributed by atoms with Gasteiger partial charge in [-0.15, -0.1) is 10.2 Å². The molecule has 6 heteroatoms. The minimum absolute atomic E-state index is 0.0543. The van der Waals surface area contributed by atoms with Crippen LogP contribution < -0.4 is 9.64 Å². The van der Waals surface area contributed by atoms with Crippen molar-refractivity contribution in [1.29, 1.82) is 0 Å². The van der Waals surface area contributed by atoms with Crippen molar-refractivity contribution in [1.82, 2.24) is 10.2 Å². The van der Waals surface area contributed by atoms with Crippen molar-refractivity contribution in [3.8, 4) is 17.2 Å². The maximum atomic E-state index is 12.5. The van der Waals surface area contributed by atoms with E-state index in [4.69, 9.17) is 9.15 Å². The monoisotopic (exact) mass is 349 g/mol. The average Bonchev–Trinajstić information content (AvgIpc) is 3.30. The van der Waals surface area contributed by atoms with Crippen LogP contribution in [0.3, 0.4) is 0 Å². The third kappa shape index (κ3) is 3.18. The largest absolute Gasteiger partial charge is 0.494 e. The van der Waals surface area contributed by atoms with Crippen LogP contribution in [0.5, 0.6) is 5.75 Å². The quantitative estimate of drug-likeness (QED) is 0.703. The second-order valence-corrected chi connectivity index (χ2v) is 6.14. The van der Waals surface area contributed by atoms with Gasteiger partial charge in [0.25, 0.3) is 0 Å². The molecule has 1 atom stereocenters. The summed E-state index contributed by atoms with van der Waals surface area (Å²) in [5.74, 6) is 1.74. The fraction of sp³-hybridized carbons (Fsp3) is 0.250. The second-order valence-electron chi connectivity index (χ2n) is 6.14. The predicted molar refractivity (Wildman–Crippen MR) is 97.1 cm³/mol. The van der Waals surface area contributed by atoms with E-state index in [1.807, 2.05) is 61.5 Å². The second kappa shape index (κ2) is 7.00. The van der Waals surface area contributed by atoms with E-state index in [0.717, 1.165) is 17.0 Å². The first kappa shape index (κ1) is 16.3. The van der Waals surface area contributed by atoms with Gasteiger partial charge in [0, 0.05) is 24.2 Å². The van der Waals surface area contributed by atoms with Crippen LogP contribution in [0.25, 0.3) is 11.5 Å². The molecule has 1 fully saturated rings. The molecular formula is C20H19N3O3. The lowest BCUT2D eigenvalue weighted by Gasteiger charge is -2.16. The van der Waals surface area contributed by atoms with Gasteiger partial charge in [0.2, 0.25) is 17.7 Å². The Balaban J connectivity index is 1.50. The van der Waals surface area contributed by atoms with Crippen LogP contribution in [-0.2, 0) is 4.79 Å². The van der Waals surface area contributed by atoms with Gasteiger partial charge >= 0.3 is 0 Å². The van der Waals surface area contributed by atoms with E-state index in [9.17, 15) is 4.79 Å². The predicted octanol–water partition coefficient (Wildman–Crippen LogP) is 3.66. The molecule has 1 unspecified atom stereocenters. The Morgan fingerprint density at radius 2 is 1.88 bits per heavy atom. The van der Waals surface area contributed by atoms with E-state index in [1.165, 1.54) is 0 Å². The standard InChI is InChI=1S/C20H19N3O3/c1-2-25-17-10-8-16(9-11-17)23-13-15(12-18(23)24)20-22-21-19(26-20)14-6-4-3-5-7-14/h3-11,15H,2,12-13H2,1H3. The first-order valence-corrected chi connectivity index (χ1v) is 8.66. The summed E-state index contributed by atoms with van der Waals surface area (Å²) in [7, 11) is 0. The molecular weight excluding hydrogens is 330 g/mol. The molecule has 0 N–H and O–H groups in total. The SMILES string of the molecule is CCOc1ccc(N2CC(c3nnc(-c4ccccc4)o3)CC2=O)cc1. The Labute approximate surface area is 151 Å². The van der Waals surface area contributed by atoms with Gasteiger partial charge in [-0.05, 0) is 43.3 Å². The summed E-state index contributed by atoms with van der Waals surface area (Å²) in [4.78, 5) is 14.2. The molecule has 1 aliphatic heterocycles. The number of aromatic nitrogens is 2. The van der Waals surface area contributed by atoms with Crippen molar-refractivity contribution in [3.63, 3.8) is 0 Å². The Morgan fingerprint density at radius 1 is 1.12 bits per heavy atom. The minimum atomic E-state index is -0.0981. The highest BCUT2D eigenvalue weighted by Gasteiger charge is 2.35. The number of hydrogen-bond donors (Lipinski definition) is 0. The first-order valence-electron chi connectivity index (χ1n) is 8.66. The average molecular weight is 349 g/mol. The Bertz CT molecular complexity index is 890. The molecule has 1 amide bonds. The fourth-order valence-electron chi connectivity index (χ4n) is 3.11. The van der Waals surface area contributed by atoms with Gasteiger partial charge < -0.3 is 14.1 Å². The van der Waals surface area contributed by atoms with Crippen molar-refractivity contribution < 1.29 is 13.9 Å². The van der Waals surface area contributed by atoms with E-state index in [-0.39, 0.29) is 11.8 Å². The Hall–Kier alpha value is -3.15. The van der Waals surface area contributed by atoms with Crippen LogP contribution in [-0.4, -0.2) is 29.3 Å². The molecule has 0 bridgehead atoms. The first-order chi connectivity index (χ1) is 12.7. The highest BCUT2D eigenvalue weighted by Crippen LogP contribution is 2.33. The number of carbonyl (C=O) groups excluding carboxylic acids is 1. The molecule has 0 aliphatic carbocycles. The van der Waals surface area contributed by atoms with E-state index >= 15 is 0 Å². The van der Waals surface area contributed by atoms with E-state index in [2.05, 4.69) is 10.2 Å². The fourth-order valence-corrected chi connectivity index (χ4v) is 3.11. The van der Waals surface area contributed by atoms with Gasteiger partial charge in [0.15, 0.2) is 0 Å². The molecule has 6 nitrogen and oxygen atoms in total. The maximum absolute atomic E-state index is 12.5. The van der Waals surface area contributed by atoms with Gasteiger partial charge in [-0.3, -0.25) is 4.79 Å². The Morgan fingerprint density at radius 3 is 2.62 bits per heavy atom. The zero-order chi connectivity index (χ0) is 17.9. The van der Waals surface area contributed by atoms with Gasteiger partial charge in [-0.2, -0.15) is 0 Å². The molecule has 3 aromatic rings. The molecule has 1 aromatic heterocycles. The van der Waals surface area contributed by atoms with Gasteiger partial charge in [-0.1, -0.05) is 18.2 Å². The summed E-state index contributed by atoms with van der Waals surface area (Å²) in [6, 6.07) is 17.2. The third-order valence-corrected chi connectivity index (χ3v) is 4.40. The lowest BCUT2D eigenvalue weighted by atomic mass is 10.1. The van der Waals surface area contributed by atoms with Crippen LogP contribution in [0.4, 0.5) is 5.69 Å². The van der Waals surface area contributed by atoms with Crippen LogP contribution in [0, 0.1) is 0 Å². The molecule has 26 heavy (non-hydrogen) atoms. The third-order valence-electron chi connectivity index (χ3n) is 4.40. The number of ether oxygens (including phenoxy) is 1. The minimum Gasteiger partial charge on any atom is -0.494 e. The number of hydrogen-bond acceptors (Lipinski definition) is 5. The number of nitrogens with zero attached hydrogens (tertiary/aromatic N) is 3. The normalized spacial score (nSPS) is 16.9. The van der Waals surface area contributed by atoms with Crippen LogP contribution >= 0.6 is 0 Å². The molecule has 2 aromatic carbocycles. The zero-order valence-corrected chi connectivity index (χ0v) is 14.5. The smallest absolute Gasteiger partial charge is 0.247 e. The number of amides is 1. The summed E-state index contributed by atoms with van der Waals surface area (Å²) in [6.45, 7) is 3.09. The molecule has 0 radical (unpaired) electrons. The lowest BCUT2D eigenvalue weighted by Crippen LogP contribution is -2.24. The lowest BCUT2D eigenvalue weighted by molar-refractivity contribution is -0.117. The number of carbonyl (C=O) groups is 1. The highest BCUT2D eigenvalue weighted by molar-refractivity contribution is 5.96. The molecule has 0 spiro atoms. The molecule has 1 aliphatic rings. The topological polar surface area (TPSA) is 68.5 Å². The number of rotatable bonds is 5. The van der Waals surface area contributed by atoms with Crippen LogP contribution in [0.15, 0.2) is 59.0 Å². The van der Waals surface area contributed by atoms with Crippen molar-refractivity contribution in [2.75, 3.05) is 18.1 Å². The van der Waals surface area contributed by atoms with Crippen molar-refractivity contribution in [2.24, 2.45) is 0 Å². The zero-order valence-electron chi connectivity index (χ0n) is 14.5. The summed E-state index contributed by atoms with van der Waals surface area (Å²) in [6.07, 6.45) is 0.365. The summed E-state index contributed by atoms with van der Waals surface area (Å²) < 4.78 is 11.3. The molecule has 2 heterocycles. The summed E-state index contributed by atoms with van der Waals surface area (Å²) >= 11 is 0. The molecule has 0 saturated carbocycles. The molecule has 4 rings (SSSR count). The van der Waals surface area contributed by atoms with E-state index in [1.54, 1.807) is 4.90 Å². The Kier molecular flexibility index (Phi) is 4.39. The van der Waals surface area contributed by atoms with Crippen molar-refractivity contribution >= 4 is 11.6 Å². The maximum Gasteiger partial charge on any atom is 0.247 e. The van der Waals surface area contributed by atoms with Gasteiger partial charge in [0.1, 0.15) is 5.75 Å². The van der Waals surface area contributed by atoms with E-state index in [0.29, 0.717) is 31.4 Å².